The molecule has 1 aliphatic rings. The number of piperidine rings is 1. The van der Waals surface area contributed by atoms with Gasteiger partial charge in [-0.1, -0.05) is 70.0 Å². The highest BCUT2D eigenvalue weighted by Gasteiger charge is 2.19. The van der Waals surface area contributed by atoms with Gasteiger partial charge >= 0.3 is 0 Å². The van der Waals surface area contributed by atoms with Crippen LogP contribution in [0.25, 0.3) is 6.08 Å². The number of likely N-dealkylation sites (tertiary alicyclic amines) is 1. The maximum absolute atomic E-state index is 13.0. The summed E-state index contributed by atoms with van der Waals surface area (Å²) in [6.45, 7) is 2.93. The van der Waals surface area contributed by atoms with Crippen LogP contribution in [-0.2, 0) is 0 Å². The van der Waals surface area contributed by atoms with Crippen LogP contribution in [0.5, 0.6) is 0 Å². The van der Waals surface area contributed by atoms with Crippen LogP contribution in [0.4, 0.5) is 4.39 Å². The molecule has 2 aromatic rings. The second-order valence-corrected chi connectivity index (χ2v) is 7.79. The van der Waals surface area contributed by atoms with E-state index in [4.69, 9.17) is 0 Å². The zero-order valence-corrected chi connectivity index (χ0v) is 16.3. The van der Waals surface area contributed by atoms with Gasteiger partial charge in [-0.05, 0) is 43.5 Å². The highest BCUT2D eigenvalue weighted by molar-refractivity contribution is 9.10. The lowest BCUT2D eigenvalue weighted by Gasteiger charge is -2.29. The third-order valence-corrected chi connectivity index (χ3v) is 5.65. The number of rotatable bonds is 6. The molecule has 3 rings (SSSR count). The average Bonchev–Trinajstić information content (AvgIpc) is 2.69. The van der Waals surface area contributed by atoms with Crippen molar-refractivity contribution in [1.29, 1.82) is 0 Å². The lowest BCUT2D eigenvalue weighted by Crippen LogP contribution is -2.33. The third kappa shape index (κ3) is 5.36. The number of ketones is 1. The molecule has 1 atom stereocenters. The molecule has 1 aliphatic heterocycles. The summed E-state index contributed by atoms with van der Waals surface area (Å²) in [6, 6.07) is 16.1. The largest absolute Gasteiger partial charge is 0.303 e. The van der Waals surface area contributed by atoms with Crippen molar-refractivity contribution in [1.82, 2.24) is 4.90 Å². The summed E-state index contributed by atoms with van der Waals surface area (Å²) in [5.41, 5.74) is 3.23. The van der Waals surface area contributed by atoms with Gasteiger partial charge in [-0.2, -0.15) is 0 Å². The number of halogens is 2. The van der Waals surface area contributed by atoms with Crippen LogP contribution in [0.2, 0.25) is 0 Å². The van der Waals surface area contributed by atoms with Gasteiger partial charge in [-0.15, -0.1) is 0 Å². The molecule has 26 heavy (non-hydrogen) atoms. The second-order valence-electron chi connectivity index (χ2n) is 6.68. The topological polar surface area (TPSA) is 20.3 Å². The van der Waals surface area contributed by atoms with E-state index in [9.17, 15) is 9.18 Å². The molecular weight excluding hydrogens is 393 g/mol. The van der Waals surface area contributed by atoms with Gasteiger partial charge < -0.3 is 4.90 Å². The first kappa shape index (κ1) is 19.0. The molecule has 1 unspecified atom stereocenters. The van der Waals surface area contributed by atoms with E-state index in [2.05, 4.69) is 26.9 Å². The van der Waals surface area contributed by atoms with Crippen LogP contribution in [0.3, 0.4) is 0 Å². The highest BCUT2D eigenvalue weighted by Crippen LogP contribution is 2.21. The molecule has 0 amide bonds. The lowest BCUT2D eigenvalue weighted by molar-refractivity contribution is 0.0983. The molecule has 4 heteroatoms. The third-order valence-electron chi connectivity index (χ3n) is 4.78. The van der Waals surface area contributed by atoms with Gasteiger partial charge in [0, 0.05) is 18.7 Å². The normalized spacial score (nSPS) is 16.3. The molecule has 136 valence electrons. The Morgan fingerprint density at radius 1 is 1.08 bits per heavy atom. The predicted molar refractivity (Wildman–Crippen MR) is 108 cm³/mol. The van der Waals surface area contributed by atoms with Gasteiger partial charge in [0.1, 0.15) is 5.82 Å². The lowest BCUT2D eigenvalue weighted by atomic mass is 10.0. The average molecular weight is 416 g/mol. The number of hydrogen-bond acceptors (Lipinski definition) is 2. The van der Waals surface area contributed by atoms with Crippen LogP contribution in [-0.4, -0.2) is 35.1 Å². The molecule has 0 N–H and O–H groups in total. The summed E-state index contributed by atoms with van der Waals surface area (Å²) in [5, 5.41) is 0. The number of carbonyl (C=O) groups is 1. The van der Waals surface area contributed by atoms with Crippen LogP contribution in [0.1, 0.15) is 35.2 Å². The van der Waals surface area contributed by atoms with E-state index in [1.807, 2.05) is 42.5 Å². The zero-order chi connectivity index (χ0) is 18.4. The first-order valence-electron chi connectivity index (χ1n) is 9.02. The van der Waals surface area contributed by atoms with E-state index in [0.717, 1.165) is 50.0 Å². The minimum Gasteiger partial charge on any atom is -0.303 e. The molecule has 0 spiro atoms. The van der Waals surface area contributed by atoms with E-state index in [-0.39, 0.29) is 16.4 Å². The molecule has 1 fully saturated rings. The maximum Gasteiger partial charge on any atom is 0.176 e. The number of alkyl halides is 1. The summed E-state index contributed by atoms with van der Waals surface area (Å²) in [7, 11) is 0. The van der Waals surface area contributed by atoms with E-state index >= 15 is 0 Å². The van der Waals surface area contributed by atoms with Crippen LogP contribution in [0.15, 0.2) is 60.2 Å². The van der Waals surface area contributed by atoms with Gasteiger partial charge in [0.15, 0.2) is 5.78 Å². The fourth-order valence-corrected chi connectivity index (χ4v) is 3.68. The molecule has 2 nitrogen and oxygen atoms in total. The van der Waals surface area contributed by atoms with Gasteiger partial charge in [0.2, 0.25) is 0 Å². The van der Waals surface area contributed by atoms with E-state index in [0.29, 0.717) is 0 Å². The first-order chi connectivity index (χ1) is 12.6. The van der Waals surface area contributed by atoms with Crippen molar-refractivity contribution in [3.05, 3.63) is 77.1 Å². The van der Waals surface area contributed by atoms with Crippen LogP contribution < -0.4 is 0 Å². The Bertz CT molecular complexity index is 747. The Labute approximate surface area is 162 Å². The number of nitrogens with zero attached hydrogens (tertiary/aromatic N) is 1. The Balaban J connectivity index is 1.45. The van der Waals surface area contributed by atoms with Gasteiger partial charge in [-0.25, -0.2) is 4.39 Å². The standard InChI is InChI=1S/C22H23BrFNO/c23-21(22(26)19-4-2-1-3-5-19)12-15-25-13-10-18(11-14-25)16-17-6-8-20(24)9-7-17/h1-9,16,21H,10-15H2. The van der Waals surface area contributed by atoms with Crippen molar-refractivity contribution >= 4 is 27.8 Å². The SMILES string of the molecule is O=C(c1ccccc1)C(Br)CCN1CCC(=Cc2ccc(F)cc2)CC1. The smallest absolute Gasteiger partial charge is 0.176 e. The quantitative estimate of drug-likeness (QED) is 0.468. The molecule has 0 radical (unpaired) electrons. The maximum atomic E-state index is 13.0. The molecule has 1 saturated heterocycles. The number of Topliss-reactive ketones (excluding diaryl/α,β-unsaturated/α-hetero) is 1. The second kappa shape index (κ2) is 9.24. The first-order valence-corrected chi connectivity index (χ1v) is 9.94. The Hall–Kier alpha value is -1.78. The summed E-state index contributed by atoms with van der Waals surface area (Å²) < 4.78 is 13.0. The van der Waals surface area contributed by atoms with Crippen LogP contribution >= 0.6 is 15.9 Å². The molecule has 0 saturated carbocycles. The van der Waals surface area contributed by atoms with Gasteiger partial charge in [0.05, 0.1) is 4.83 Å². The van der Waals surface area contributed by atoms with Crippen molar-refractivity contribution in [2.75, 3.05) is 19.6 Å². The fraction of sp³-hybridized carbons (Fsp3) is 0.318. The fourth-order valence-electron chi connectivity index (χ4n) is 3.21. The van der Waals surface area contributed by atoms with Crippen LogP contribution in [0, 0.1) is 5.82 Å². The molecule has 2 aromatic carbocycles. The monoisotopic (exact) mass is 415 g/mol. The number of benzene rings is 2. The Morgan fingerprint density at radius 2 is 1.73 bits per heavy atom. The van der Waals surface area contributed by atoms with Crippen molar-refractivity contribution in [3.63, 3.8) is 0 Å². The molecule has 1 heterocycles. The summed E-state index contributed by atoms with van der Waals surface area (Å²) in [4.78, 5) is 14.7. The zero-order valence-electron chi connectivity index (χ0n) is 14.7. The molecule has 0 aliphatic carbocycles. The Kier molecular flexibility index (Phi) is 6.75. The predicted octanol–water partition coefficient (Wildman–Crippen LogP) is 5.34. The summed E-state index contributed by atoms with van der Waals surface area (Å²) >= 11 is 3.55. The summed E-state index contributed by atoms with van der Waals surface area (Å²) in [6.07, 6.45) is 5.03. The van der Waals surface area contributed by atoms with Crippen molar-refractivity contribution < 1.29 is 9.18 Å². The van der Waals surface area contributed by atoms with Crippen molar-refractivity contribution in [2.45, 2.75) is 24.1 Å². The van der Waals surface area contributed by atoms with Crippen molar-refractivity contribution in [3.8, 4) is 0 Å². The molecular formula is C22H23BrFNO. The van der Waals surface area contributed by atoms with Crippen molar-refractivity contribution in [2.24, 2.45) is 0 Å². The molecule has 0 aromatic heterocycles. The van der Waals surface area contributed by atoms with E-state index < -0.39 is 0 Å². The minimum absolute atomic E-state index is 0.138. The van der Waals surface area contributed by atoms with Gasteiger partial charge in [-0.3, -0.25) is 4.79 Å². The minimum atomic E-state index is -0.198. The van der Waals surface area contributed by atoms with E-state index in [1.54, 1.807) is 0 Å². The highest BCUT2D eigenvalue weighted by atomic mass is 79.9. The summed E-state index contributed by atoms with van der Waals surface area (Å²) in [5.74, 6) is -0.0455. The Morgan fingerprint density at radius 3 is 2.38 bits per heavy atom. The van der Waals surface area contributed by atoms with Gasteiger partial charge in [0.25, 0.3) is 0 Å². The van der Waals surface area contributed by atoms with E-state index in [1.165, 1.54) is 17.7 Å². The number of carbonyl (C=O) groups excluding carboxylic acids is 1. The number of hydrogen-bond donors (Lipinski definition) is 0. The molecule has 0 bridgehead atoms.